The molecule has 1 aliphatic heterocycles. The number of carbonyl (C=O) groups is 1. The fourth-order valence-corrected chi connectivity index (χ4v) is 4.95. The van der Waals surface area contributed by atoms with Gasteiger partial charge in [-0.1, -0.05) is 0 Å². The monoisotopic (exact) mass is 434 g/mol. The van der Waals surface area contributed by atoms with Gasteiger partial charge in [-0.15, -0.1) is 11.3 Å². The first-order valence-electron chi connectivity index (χ1n) is 10.8. The van der Waals surface area contributed by atoms with E-state index in [1.54, 1.807) is 6.20 Å². The second-order valence-electron chi connectivity index (χ2n) is 8.16. The number of aromatic nitrogens is 2. The summed E-state index contributed by atoms with van der Waals surface area (Å²) in [7, 11) is 0. The SMILES string of the molecule is O=C(c1cc2nccc(Oc3ccc4oc(NC5CC5)nc4c3)c2s1)N1CCCCC1. The lowest BCUT2D eigenvalue weighted by Crippen LogP contribution is -2.35. The molecule has 1 saturated carbocycles. The largest absolute Gasteiger partial charge is 0.456 e. The number of amides is 1. The Labute approximate surface area is 183 Å². The van der Waals surface area contributed by atoms with Gasteiger partial charge in [0.15, 0.2) is 5.58 Å². The number of nitrogens with one attached hydrogen (secondary N) is 1. The Bertz CT molecular complexity index is 1270. The summed E-state index contributed by atoms with van der Waals surface area (Å²) in [6.07, 6.45) is 7.38. The minimum atomic E-state index is 0.0911. The van der Waals surface area contributed by atoms with E-state index in [0.29, 0.717) is 28.4 Å². The summed E-state index contributed by atoms with van der Waals surface area (Å²) in [5.41, 5.74) is 2.25. The van der Waals surface area contributed by atoms with Crippen molar-refractivity contribution in [3.63, 3.8) is 0 Å². The number of ether oxygens (including phenoxy) is 1. The van der Waals surface area contributed by atoms with Gasteiger partial charge in [0.1, 0.15) is 17.0 Å². The molecule has 2 fully saturated rings. The molecule has 1 amide bonds. The highest BCUT2D eigenvalue weighted by atomic mass is 32.1. The minimum absolute atomic E-state index is 0.0911. The van der Waals surface area contributed by atoms with E-state index >= 15 is 0 Å². The summed E-state index contributed by atoms with van der Waals surface area (Å²) in [5, 5.41) is 3.28. The van der Waals surface area contributed by atoms with Crippen molar-refractivity contribution >= 4 is 44.6 Å². The van der Waals surface area contributed by atoms with Crippen LogP contribution in [0.5, 0.6) is 11.5 Å². The van der Waals surface area contributed by atoms with Crippen LogP contribution in [0.2, 0.25) is 0 Å². The number of rotatable bonds is 5. The average molecular weight is 435 g/mol. The number of piperidine rings is 1. The standard InChI is InChI=1S/C23H22N4O3S/c28-22(27-10-2-1-3-11-27)20-13-17-21(31-20)19(8-9-24-17)29-15-6-7-18-16(12-15)26-23(30-18)25-14-4-5-14/h6-9,12-14H,1-5,10-11H2,(H,25,26). The molecule has 8 heteroatoms. The van der Waals surface area contributed by atoms with E-state index in [4.69, 9.17) is 9.15 Å². The van der Waals surface area contributed by atoms with E-state index in [9.17, 15) is 4.79 Å². The zero-order valence-electron chi connectivity index (χ0n) is 17.0. The second-order valence-corrected chi connectivity index (χ2v) is 9.21. The van der Waals surface area contributed by atoms with Gasteiger partial charge in [-0.25, -0.2) is 0 Å². The Morgan fingerprint density at radius 2 is 2.00 bits per heavy atom. The lowest BCUT2D eigenvalue weighted by molar-refractivity contribution is 0.0729. The van der Waals surface area contributed by atoms with Crippen LogP contribution in [0.15, 0.2) is 40.9 Å². The van der Waals surface area contributed by atoms with Crippen LogP contribution in [0.25, 0.3) is 21.3 Å². The molecule has 4 aromatic rings. The average Bonchev–Trinajstić information content (AvgIpc) is 3.34. The maximum absolute atomic E-state index is 12.9. The molecule has 7 nitrogen and oxygen atoms in total. The van der Waals surface area contributed by atoms with E-state index in [-0.39, 0.29) is 5.91 Å². The van der Waals surface area contributed by atoms with Gasteiger partial charge < -0.3 is 19.4 Å². The van der Waals surface area contributed by atoms with Crippen LogP contribution in [-0.2, 0) is 0 Å². The Hall–Kier alpha value is -3.13. The Kier molecular flexibility index (Phi) is 4.52. The van der Waals surface area contributed by atoms with Crippen LogP contribution in [0.3, 0.4) is 0 Å². The summed E-state index contributed by atoms with van der Waals surface area (Å²) < 4.78 is 12.8. The highest BCUT2D eigenvalue weighted by Gasteiger charge is 2.24. The van der Waals surface area contributed by atoms with Crippen molar-refractivity contribution in [2.45, 2.75) is 38.1 Å². The van der Waals surface area contributed by atoms with E-state index in [1.807, 2.05) is 35.2 Å². The molecule has 0 radical (unpaired) electrons. The number of pyridine rings is 1. The maximum Gasteiger partial charge on any atom is 0.295 e. The van der Waals surface area contributed by atoms with Crippen molar-refractivity contribution in [3.8, 4) is 11.5 Å². The number of anilines is 1. The number of fused-ring (bicyclic) bond motifs is 2. The molecule has 1 aromatic carbocycles. The Morgan fingerprint density at radius 1 is 1.13 bits per heavy atom. The second kappa shape index (κ2) is 7.53. The molecule has 1 saturated heterocycles. The van der Waals surface area contributed by atoms with Crippen molar-refractivity contribution in [2.24, 2.45) is 0 Å². The number of thiophene rings is 1. The fraction of sp³-hybridized carbons (Fsp3) is 0.348. The number of oxazole rings is 1. The smallest absolute Gasteiger partial charge is 0.295 e. The molecule has 31 heavy (non-hydrogen) atoms. The van der Waals surface area contributed by atoms with Crippen LogP contribution in [-0.4, -0.2) is 39.9 Å². The Morgan fingerprint density at radius 3 is 2.84 bits per heavy atom. The predicted octanol–water partition coefficient (Wildman–Crippen LogP) is 5.43. The molecule has 0 unspecified atom stereocenters. The predicted molar refractivity (Wildman–Crippen MR) is 120 cm³/mol. The fourth-order valence-electron chi connectivity index (χ4n) is 3.92. The quantitative estimate of drug-likeness (QED) is 0.451. The van der Waals surface area contributed by atoms with Crippen molar-refractivity contribution < 1.29 is 13.9 Å². The molecular formula is C23H22N4O3S. The van der Waals surface area contributed by atoms with Crippen LogP contribution in [0.4, 0.5) is 6.01 Å². The zero-order valence-corrected chi connectivity index (χ0v) is 17.8. The van der Waals surface area contributed by atoms with Crippen LogP contribution in [0.1, 0.15) is 41.8 Å². The van der Waals surface area contributed by atoms with E-state index in [2.05, 4.69) is 15.3 Å². The van der Waals surface area contributed by atoms with Gasteiger partial charge in [-0.3, -0.25) is 9.78 Å². The van der Waals surface area contributed by atoms with Gasteiger partial charge in [0, 0.05) is 37.5 Å². The molecule has 158 valence electrons. The van der Waals surface area contributed by atoms with E-state index in [0.717, 1.165) is 60.1 Å². The molecule has 1 aliphatic carbocycles. The lowest BCUT2D eigenvalue weighted by Gasteiger charge is -2.26. The molecule has 0 spiro atoms. The number of carbonyl (C=O) groups excluding carboxylic acids is 1. The molecule has 0 atom stereocenters. The van der Waals surface area contributed by atoms with Gasteiger partial charge in [0.25, 0.3) is 11.9 Å². The third-order valence-corrected chi connectivity index (χ3v) is 6.85. The highest BCUT2D eigenvalue weighted by molar-refractivity contribution is 7.21. The van der Waals surface area contributed by atoms with E-state index in [1.165, 1.54) is 17.8 Å². The first-order chi connectivity index (χ1) is 15.2. The third kappa shape index (κ3) is 3.72. The minimum Gasteiger partial charge on any atom is -0.456 e. The molecule has 0 bridgehead atoms. The van der Waals surface area contributed by atoms with Gasteiger partial charge in [0.05, 0.1) is 15.1 Å². The molecule has 4 heterocycles. The number of likely N-dealkylation sites (tertiary alicyclic amines) is 1. The van der Waals surface area contributed by atoms with Gasteiger partial charge >= 0.3 is 0 Å². The molecular weight excluding hydrogens is 412 g/mol. The topological polar surface area (TPSA) is 80.5 Å². The van der Waals surface area contributed by atoms with Crippen molar-refractivity contribution in [3.05, 3.63) is 41.4 Å². The third-order valence-electron chi connectivity index (χ3n) is 5.72. The highest BCUT2D eigenvalue weighted by Crippen LogP contribution is 2.36. The van der Waals surface area contributed by atoms with Crippen molar-refractivity contribution in [1.29, 1.82) is 0 Å². The van der Waals surface area contributed by atoms with Gasteiger partial charge in [0.2, 0.25) is 0 Å². The van der Waals surface area contributed by atoms with Crippen LogP contribution >= 0.6 is 11.3 Å². The Balaban J connectivity index is 1.27. The number of nitrogens with zero attached hydrogens (tertiary/aromatic N) is 3. The first-order valence-corrected chi connectivity index (χ1v) is 11.6. The van der Waals surface area contributed by atoms with Crippen molar-refractivity contribution in [1.82, 2.24) is 14.9 Å². The summed E-state index contributed by atoms with van der Waals surface area (Å²) in [4.78, 5) is 24.5. The molecule has 2 aliphatic rings. The number of hydrogen-bond acceptors (Lipinski definition) is 7. The lowest BCUT2D eigenvalue weighted by atomic mass is 10.1. The summed E-state index contributed by atoms with van der Waals surface area (Å²) in [6.45, 7) is 1.67. The van der Waals surface area contributed by atoms with E-state index < -0.39 is 0 Å². The number of hydrogen-bond donors (Lipinski definition) is 1. The van der Waals surface area contributed by atoms with Gasteiger partial charge in [-0.05, 0) is 50.3 Å². The van der Waals surface area contributed by atoms with Gasteiger partial charge in [-0.2, -0.15) is 4.98 Å². The maximum atomic E-state index is 12.9. The summed E-state index contributed by atoms with van der Waals surface area (Å²) in [5.74, 6) is 1.45. The molecule has 6 rings (SSSR count). The molecule has 3 aromatic heterocycles. The first kappa shape index (κ1) is 18.6. The van der Waals surface area contributed by atoms with Crippen LogP contribution < -0.4 is 10.1 Å². The van der Waals surface area contributed by atoms with Crippen LogP contribution in [0, 0.1) is 0 Å². The summed E-state index contributed by atoms with van der Waals surface area (Å²) >= 11 is 1.44. The molecule has 1 N–H and O–H groups in total. The summed E-state index contributed by atoms with van der Waals surface area (Å²) in [6, 6.07) is 10.4. The number of benzene rings is 1. The zero-order chi connectivity index (χ0) is 20.8. The normalized spacial score (nSPS) is 16.7. The van der Waals surface area contributed by atoms with Crippen molar-refractivity contribution in [2.75, 3.05) is 18.4 Å².